The van der Waals surface area contributed by atoms with Crippen molar-refractivity contribution in [2.45, 2.75) is 18.8 Å². The summed E-state index contributed by atoms with van der Waals surface area (Å²) in [5.74, 6) is -0.265. The van der Waals surface area contributed by atoms with Crippen molar-refractivity contribution in [1.82, 2.24) is 10.3 Å². The molecule has 5 nitrogen and oxygen atoms in total. The zero-order valence-corrected chi connectivity index (χ0v) is 13.6. The normalized spacial score (nSPS) is 15.4. The highest BCUT2D eigenvalue weighted by Gasteiger charge is 2.19. The van der Waals surface area contributed by atoms with Gasteiger partial charge in [0.05, 0.1) is 7.11 Å². The Morgan fingerprint density at radius 1 is 1.43 bits per heavy atom. The van der Waals surface area contributed by atoms with Gasteiger partial charge in [0.25, 0.3) is 5.91 Å². The van der Waals surface area contributed by atoms with Gasteiger partial charge in [-0.3, -0.25) is 10.1 Å². The van der Waals surface area contributed by atoms with E-state index in [1.165, 1.54) is 41.5 Å². The maximum absolute atomic E-state index is 13.4. The predicted molar refractivity (Wildman–Crippen MR) is 87.9 cm³/mol. The number of methoxy groups -OCH3 is 1. The number of aromatic nitrogens is 1. The maximum atomic E-state index is 13.4. The first-order chi connectivity index (χ1) is 11.2. The summed E-state index contributed by atoms with van der Waals surface area (Å²) in [6.07, 6.45) is 4.01. The third-order valence-electron chi connectivity index (χ3n) is 3.90. The number of ether oxygens (including phenoxy) is 1. The molecule has 1 fully saturated rings. The second-order valence-corrected chi connectivity index (χ2v) is 6.46. The van der Waals surface area contributed by atoms with Gasteiger partial charge in [-0.25, -0.2) is 9.37 Å². The lowest BCUT2D eigenvalue weighted by Crippen LogP contribution is -2.26. The van der Waals surface area contributed by atoms with E-state index >= 15 is 0 Å². The largest absolute Gasteiger partial charge is 0.494 e. The Bertz CT molecular complexity index is 698. The molecule has 1 amide bonds. The van der Waals surface area contributed by atoms with E-state index in [1.54, 1.807) is 0 Å². The van der Waals surface area contributed by atoms with Crippen LogP contribution in [0.2, 0.25) is 0 Å². The molecule has 23 heavy (non-hydrogen) atoms. The number of amides is 1. The Balaban J connectivity index is 1.69. The lowest BCUT2D eigenvalue weighted by Gasteiger charge is -2.20. The molecule has 0 saturated carbocycles. The number of benzene rings is 1. The molecule has 0 aliphatic carbocycles. The van der Waals surface area contributed by atoms with Gasteiger partial charge in [-0.05, 0) is 50.0 Å². The average molecular weight is 335 g/mol. The minimum Gasteiger partial charge on any atom is -0.494 e. The summed E-state index contributed by atoms with van der Waals surface area (Å²) in [5.41, 5.74) is 0.335. The van der Waals surface area contributed by atoms with Crippen molar-refractivity contribution >= 4 is 22.4 Å². The molecule has 122 valence electrons. The molecular weight excluding hydrogens is 317 g/mol. The highest BCUT2D eigenvalue weighted by Crippen LogP contribution is 2.32. The van der Waals surface area contributed by atoms with Crippen molar-refractivity contribution in [3.8, 4) is 5.75 Å². The Hall–Kier alpha value is -1.99. The van der Waals surface area contributed by atoms with E-state index in [9.17, 15) is 9.18 Å². The monoisotopic (exact) mass is 335 g/mol. The van der Waals surface area contributed by atoms with Crippen molar-refractivity contribution in [3.63, 3.8) is 0 Å². The summed E-state index contributed by atoms with van der Waals surface area (Å²) in [4.78, 5) is 17.7. The van der Waals surface area contributed by atoms with Crippen molar-refractivity contribution in [2.24, 2.45) is 0 Å². The molecule has 0 spiro atoms. The Morgan fingerprint density at radius 2 is 2.22 bits per heavy atom. The molecular formula is C16H18FN3O2S. The SMILES string of the molecule is COc1cc(C(=O)Nc2ncc(C3CCNCC3)s2)ccc1F. The van der Waals surface area contributed by atoms with Gasteiger partial charge in [0.1, 0.15) is 0 Å². The molecule has 0 radical (unpaired) electrons. The van der Waals surface area contributed by atoms with Crippen molar-refractivity contribution in [3.05, 3.63) is 40.7 Å². The summed E-state index contributed by atoms with van der Waals surface area (Å²) < 4.78 is 18.3. The summed E-state index contributed by atoms with van der Waals surface area (Å²) in [6.45, 7) is 2.03. The molecule has 2 heterocycles. The minimum atomic E-state index is -0.494. The van der Waals surface area contributed by atoms with Crippen LogP contribution in [0, 0.1) is 5.82 Å². The topological polar surface area (TPSA) is 63.2 Å². The van der Waals surface area contributed by atoms with Crippen LogP contribution in [0.3, 0.4) is 0 Å². The van der Waals surface area contributed by atoms with E-state index in [-0.39, 0.29) is 11.7 Å². The van der Waals surface area contributed by atoms with E-state index in [0.717, 1.165) is 25.9 Å². The van der Waals surface area contributed by atoms with Crippen molar-refractivity contribution < 1.29 is 13.9 Å². The number of piperidine rings is 1. The minimum absolute atomic E-state index is 0.0483. The summed E-state index contributed by atoms with van der Waals surface area (Å²) in [7, 11) is 1.37. The highest BCUT2D eigenvalue weighted by atomic mass is 32.1. The smallest absolute Gasteiger partial charge is 0.257 e. The number of rotatable bonds is 4. The van der Waals surface area contributed by atoms with Crippen LogP contribution >= 0.6 is 11.3 Å². The van der Waals surface area contributed by atoms with Crippen LogP contribution in [0.15, 0.2) is 24.4 Å². The van der Waals surface area contributed by atoms with E-state index in [1.807, 2.05) is 6.20 Å². The zero-order valence-electron chi connectivity index (χ0n) is 12.8. The third-order valence-corrected chi connectivity index (χ3v) is 4.97. The number of carbonyl (C=O) groups excluding carboxylic acids is 1. The highest BCUT2D eigenvalue weighted by molar-refractivity contribution is 7.15. The lowest BCUT2D eigenvalue weighted by molar-refractivity contribution is 0.102. The van der Waals surface area contributed by atoms with Crippen molar-refractivity contribution in [2.75, 3.05) is 25.5 Å². The van der Waals surface area contributed by atoms with Gasteiger partial charge in [-0.1, -0.05) is 0 Å². The van der Waals surface area contributed by atoms with E-state index in [0.29, 0.717) is 16.6 Å². The Labute approximate surface area is 137 Å². The fourth-order valence-corrected chi connectivity index (χ4v) is 3.59. The molecule has 1 aromatic heterocycles. The van der Waals surface area contributed by atoms with Gasteiger partial charge in [-0.15, -0.1) is 11.3 Å². The van der Waals surface area contributed by atoms with Crippen LogP contribution in [-0.2, 0) is 0 Å². The fraction of sp³-hybridized carbons (Fsp3) is 0.375. The first kappa shape index (κ1) is 15.9. The molecule has 1 saturated heterocycles. The standard InChI is InChI=1S/C16H18FN3O2S/c1-22-13-8-11(2-3-12(13)17)15(21)20-16-19-9-14(23-16)10-4-6-18-7-5-10/h2-3,8-10,18H,4-7H2,1H3,(H,19,20,21). The molecule has 0 unspecified atom stereocenters. The molecule has 3 rings (SSSR count). The number of halogens is 1. The zero-order chi connectivity index (χ0) is 16.2. The van der Waals surface area contributed by atoms with Crippen LogP contribution in [0.1, 0.15) is 34.0 Å². The second-order valence-electron chi connectivity index (χ2n) is 5.40. The molecule has 0 atom stereocenters. The predicted octanol–water partition coefficient (Wildman–Crippen LogP) is 3.01. The second kappa shape index (κ2) is 7.06. The van der Waals surface area contributed by atoms with Crippen LogP contribution in [0.5, 0.6) is 5.75 Å². The Morgan fingerprint density at radius 3 is 2.96 bits per heavy atom. The molecule has 2 N–H and O–H groups in total. The molecule has 1 aromatic carbocycles. The summed E-state index contributed by atoms with van der Waals surface area (Å²) in [6, 6.07) is 4.02. The first-order valence-electron chi connectivity index (χ1n) is 7.48. The number of nitrogens with one attached hydrogen (secondary N) is 2. The number of carbonyl (C=O) groups is 1. The number of thiazole rings is 1. The number of hydrogen-bond acceptors (Lipinski definition) is 5. The average Bonchev–Trinajstić information content (AvgIpc) is 3.04. The molecule has 0 bridgehead atoms. The summed E-state index contributed by atoms with van der Waals surface area (Å²) >= 11 is 1.50. The van der Waals surface area contributed by atoms with Crippen LogP contribution in [0.4, 0.5) is 9.52 Å². The first-order valence-corrected chi connectivity index (χ1v) is 8.30. The van der Waals surface area contributed by atoms with Crippen LogP contribution in [-0.4, -0.2) is 31.1 Å². The van der Waals surface area contributed by atoms with Crippen LogP contribution in [0.25, 0.3) is 0 Å². The van der Waals surface area contributed by atoms with E-state index in [2.05, 4.69) is 15.6 Å². The Kier molecular flexibility index (Phi) is 4.88. The van der Waals surface area contributed by atoms with Gasteiger partial charge >= 0.3 is 0 Å². The van der Waals surface area contributed by atoms with Gasteiger partial charge in [0.15, 0.2) is 16.7 Å². The lowest BCUT2D eigenvalue weighted by atomic mass is 9.97. The van der Waals surface area contributed by atoms with Gasteiger partial charge < -0.3 is 10.1 Å². The molecule has 1 aliphatic rings. The number of nitrogens with zero attached hydrogens (tertiary/aromatic N) is 1. The molecule has 2 aromatic rings. The fourth-order valence-electron chi connectivity index (χ4n) is 2.61. The van der Waals surface area contributed by atoms with Gasteiger partial charge in [0.2, 0.25) is 0 Å². The maximum Gasteiger partial charge on any atom is 0.257 e. The van der Waals surface area contributed by atoms with Crippen molar-refractivity contribution in [1.29, 1.82) is 0 Å². The number of hydrogen-bond donors (Lipinski definition) is 2. The van der Waals surface area contributed by atoms with Gasteiger partial charge in [-0.2, -0.15) is 0 Å². The summed E-state index contributed by atoms with van der Waals surface area (Å²) in [5, 5.41) is 6.66. The third kappa shape index (κ3) is 3.68. The molecule has 1 aliphatic heterocycles. The van der Waals surface area contributed by atoms with E-state index < -0.39 is 5.82 Å². The molecule has 7 heteroatoms. The quantitative estimate of drug-likeness (QED) is 0.901. The van der Waals surface area contributed by atoms with Gasteiger partial charge in [0, 0.05) is 16.6 Å². The number of anilines is 1. The van der Waals surface area contributed by atoms with E-state index in [4.69, 9.17) is 4.74 Å². The van der Waals surface area contributed by atoms with Crippen LogP contribution < -0.4 is 15.4 Å².